The van der Waals surface area contributed by atoms with E-state index in [2.05, 4.69) is 105 Å². The summed E-state index contributed by atoms with van der Waals surface area (Å²) in [6.45, 7) is 3.72. The van der Waals surface area contributed by atoms with E-state index in [9.17, 15) is 0 Å². The molecular formula is C42H44N8. The largest absolute Gasteiger partial charge is 0.338 e. The summed E-state index contributed by atoms with van der Waals surface area (Å²) in [6.07, 6.45) is 8.63. The number of fused-ring (bicyclic) bond motifs is 6. The van der Waals surface area contributed by atoms with Crippen molar-refractivity contribution >= 4 is 33.4 Å². The predicted octanol–water partition coefficient (Wildman–Crippen LogP) is 6.94. The first-order chi connectivity index (χ1) is 24.6. The zero-order valence-corrected chi connectivity index (χ0v) is 28.4. The Morgan fingerprint density at radius 3 is 1.36 bits per heavy atom. The molecule has 0 spiro atoms. The lowest BCUT2D eigenvalue weighted by Crippen LogP contribution is -2.38. The van der Waals surface area contributed by atoms with Gasteiger partial charge >= 0.3 is 0 Å². The third kappa shape index (κ3) is 5.76. The van der Waals surface area contributed by atoms with Crippen molar-refractivity contribution in [3.05, 3.63) is 109 Å². The Balaban J connectivity index is 0.000000135. The van der Waals surface area contributed by atoms with Crippen LogP contribution >= 0.6 is 0 Å². The Morgan fingerprint density at radius 1 is 0.520 bits per heavy atom. The molecule has 2 saturated carbocycles. The number of nitrogens with zero attached hydrogens (tertiary/aromatic N) is 6. The summed E-state index contributed by atoms with van der Waals surface area (Å²) in [5.41, 5.74) is 16.1. The molecule has 252 valence electrons. The zero-order valence-electron chi connectivity index (χ0n) is 28.4. The molecule has 0 unspecified atom stereocenters. The molecule has 2 aliphatic heterocycles. The number of piperidine rings is 2. The highest BCUT2D eigenvalue weighted by Crippen LogP contribution is 2.44. The van der Waals surface area contributed by atoms with Crippen LogP contribution < -0.4 is 21.3 Å². The molecule has 8 heteroatoms. The lowest BCUT2D eigenvalue weighted by atomic mass is 9.95. The summed E-state index contributed by atoms with van der Waals surface area (Å²) in [7, 11) is 0. The molecule has 8 nitrogen and oxygen atoms in total. The van der Waals surface area contributed by atoms with Gasteiger partial charge in [-0.2, -0.15) is 0 Å². The molecule has 50 heavy (non-hydrogen) atoms. The van der Waals surface area contributed by atoms with Crippen molar-refractivity contribution in [2.45, 2.75) is 37.8 Å². The van der Waals surface area contributed by atoms with Crippen LogP contribution in [0.15, 0.2) is 109 Å². The Morgan fingerprint density at radius 2 is 0.960 bits per heavy atom. The Bertz CT molecular complexity index is 2000. The predicted molar refractivity (Wildman–Crippen MR) is 203 cm³/mol. The molecule has 4 N–H and O–H groups in total. The van der Waals surface area contributed by atoms with Crippen LogP contribution in [0.5, 0.6) is 0 Å². The molecule has 4 aliphatic rings. The number of hydrogen-bond acceptors (Lipinski definition) is 8. The minimum absolute atomic E-state index is 0.561. The third-order valence-corrected chi connectivity index (χ3v) is 11.9. The topological polar surface area (TPSA) is 110 Å². The first kappa shape index (κ1) is 31.1. The van der Waals surface area contributed by atoms with Crippen molar-refractivity contribution in [3.8, 4) is 22.5 Å². The summed E-state index contributed by atoms with van der Waals surface area (Å²) in [5.74, 6) is 4.53. The van der Waals surface area contributed by atoms with Crippen LogP contribution in [-0.2, 0) is 0 Å². The third-order valence-electron chi connectivity index (χ3n) is 11.9. The van der Waals surface area contributed by atoms with E-state index in [1.807, 2.05) is 24.5 Å². The summed E-state index contributed by atoms with van der Waals surface area (Å²) < 4.78 is 0. The van der Waals surface area contributed by atoms with Gasteiger partial charge in [0.2, 0.25) is 11.9 Å². The molecule has 10 rings (SSSR count). The SMILES string of the molecule is NC[C@@H]1C[C@H]2C[C@@H]1CN2c1nccc(-c2ccc3ccccc3c2)n1.NC[C@H]1C[C@H]2C[C@@H]1CN2c1nccc(-c2ccc3ccccc3c2)n1. The first-order valence-corrected chi connectivity index (χ1v) is 18.2. The summed E-state index contributed by atoms with van der Waals surface area (Å²) >= 11 is 0. The van der Waals surface area contributed by atoms with E-state index in [4.69, 9.17) is 21.4 Å². The van der Waals surface area contributed by atoms with E-state index in [-0.39, 0.29) is 0 Å². The van der Waals surface area contributed by atoms with Crippen molar-refractivity contribution in [3.63, 3.8) is 0 Å². The standard InChI is InChI=1S/2C21H22N4/c2*22-12-17-10-19-11-18(17)13-25(19)21-23-8-7-20(24-21)16-6-5-14-3-1-2-4-15(14)9-16/h2*1-9,17-19H,10-13,22H2/t17-,18+,19-;17-,18-,19+/m01/s1. The Kier molecular flexibility index (Phi) is 8.13. The van der Waals surface area contributed by atoms with Crippen LogP contribution in [0.25, 0.3) is 44.1 Å². The quantitative estimate of drug-likeness (QED) is 0.198. The molecule has 2 aliphatic carbocycles. The Hall–Kier alpha value is -4.92. The summed E-state index contributed by atoms with van der Waals surface area (Å²) in [6, 6.07) is 35.0. The van der Waals surface area contributed by atoms with E-state index in [0.29, 0.717) is 35.8 Å². The fraction of sp³-hybridized carbons (Fsp3) is 0.333. The average molecular weight is 661 g/mol. The van der Waals surface area contributed by atoms with Crippen molar-refractivity contribution in [2.75, 3.05) is 36.0 Å². The van der Waals surface area contributed by atoms with Gasteiger partial charge in [0.05, 0.1) is 11.4 Å². The lowest BCUT2D eigenvalue weighted by molar-refractivity contribution is 0.381. The van der Waals surface area contributed by atoms with E-state index in [1.165, 1.54) is 47.2 Å². The van der Waals surface area contributed by atoms with Gasteiger partial charge in [-0.15, -0.1) is 0 Å². The average Bonchev–Trinajstić information content (AvgIpc) is 4.00. The number of benzene rings is 4. The highest BCUT2D eigenvalue weighted by Gasteiger charge is 2.45. The number of aromatic nitrogens is 4. The van der Waals surface area contributed by atoms with Gasteiger partial charge < -0.3 is 21.3 Å². The first-order valence-electron chi connectivity index (χ1n) is 18.2. The van der Waals surface area contributed by atoms with Crippen molar-refractivity contribution < 1.29 is 0 Å². The number of nitrogens with two attached hydrogens (primary N) is 2. The van der Waals surface area contributed by atoms with Gasteiger partial charge in [0.25, 0.3) is 0 Å². The van der Waals surface area contributed by atoms with Crippen LogP contribution in [0.3, 0.4) is 0 Å². The van der Waals surface area contributed by atoms with E-state index < -0.39 is 0 Å². The van der Waals surface area contributed by atoms with E-state index >= 15 is 0 Å². The van der Waals surface area contributed by atoms with Gasteiger partial charge in [-0.25, -0.2) is 19.9 Å². The number of rotatable bonds is 6. The smallest absolute Gasteiger partial charge is 0.226 e. The highest BCUT2D eigenvalue weighted by molar-refractivity contribution is 5.87. The summed E-state index contributed by atoms with van der Waals surface area (Å²) in [4.78, 5) is 23.7. The highest BCUT2D eigenvalue weighted by atomic mass is 15.3. The van der Waals surface area contributed by atoms with Gasteiger partial charge in [0.1, 0.15) is 0 Å². The molecule has 2 aromatic heterocycles. The van der Waals surface area contributed by atoms with Gasteiger partial charge in [0, 0.05) is 48.7 Å². The maximum Gasteiger partial charge on any atom is 0.226 e. The van der Waals surface area contributed by atoms with Gasteiger partial charge in [-0.05, 0) is 108 Å². The van der Waals surface area contributed by atoms with Crippen LogP contribution in [0, 0.1) is 23.7 Å². The second kappa shape index (κ2) is 13.1. The van der Waals surface area contributed by atoms with Crippen molar-refractivity contribution in [1.82, 2.24) is 19.9 Å². The van der Waals surface area contributed by atoms with E-state index in [0.717, 1.165) is 60.6 Å². The van der Waals surface area contributed by atoms with Crippen molar-refractivity contribution in [1.29, 1.82) is 0 Å². The van der Waals surface area contributed by atoms with Gasteiger partial charge in [0.15, 0.2) is 0 Å². The monoisotopic (exact) mass is 660 g/mol. The Labute approximate surface area is 293 Å². The molecular weight excluding hydrogens is 617 g/mol. The molecule has 0 radical (unpaired) electrons. The van der Waals surface area contributed by atoms with E-state index in [1.54, 1.807) is 0 Å². The molecule has 4 bridgehead atoms. The normalized spacial score (nSPS) is 25.0. The minimum Gasteiger partial charge on any atom is -0.338 e. The van der Waals surface area contributed by atoms with Crippen LogP contribution in [0.1, 0.15) is 25.7 Å². The lowest BCUT2D eigenvalue weighted by Gasteiger charge is -2.31. The number of anilines is 2. The van der Waals surface area contributed by atoms with Crippen LogP contribution in [0.2, 0.25) is 0 Å². The van der Waals surface area contributed by atoms with Crippen LogP contribution in [0.4, 0.5) is 11.9 Å². The fourth-order valence-electron chi connectivity index (χ4n) is 9.18. The fourth-order valence-corrected chi connectivity index (χ4v) is 9.18. The van der Waals surface area contributed by atoms with Gasteiger partial charge in [-0.3, -0.25) is 0 Å². The maximum atomic E-state index is 5.90. The molecule has 4 aromatic carbocycles. The molecule has 6 atom stereocenters. The second-order valence-electron chi connectivity index (χ2n) is 14.7. The minimum atomic E-state index is 0.561. The molecule has 2 saturated heterocycles. The summed E-state index contributed by atoms with van der Waals surface area (Å²) in [5, 5.41) is 4.99. The van der Waals surface area contributed by atoms with Gasteiger partial charge in [-0.1, -0.05) is 72.8 Å². The zero-order chi connectivity index (χ0) is 33.6. The molecule has 4 heterocycles. The molecule has 4 fully saturated rings. The van der Waals surface area contributed by atoms with Crippen LogP contribution in [-0.4, -0.2) is 58.2 Å². The second-order valence-corrected chi connectivity index (χ2v) is 14.7. The number of hydrogen-bond donors (Lipinski definition) is 2. The molecule has 0 amide bonds. The van der Waals surface area contributed by atoms with Crippen molar-refractivity contribution in [2.24, 2.45) is 35.1 Å². The maximum absolute atomic E-state index is 5.90. The molecule has 6 aromatic rings.